The number of unbranched alkanes of at least 4 members (excludes halogenated alkanes) is 2. The number of amides is 1. The van der Waals surface area contributed by atoms with Gasteiger partial charge in [-0.25, -0.2) is 0 Å². The fraction of sp³-hybridized carbons (Fsp3) is 0.833. The SMILES string of the molecule is COC(=O)CCCCCNC(=S)N1CC[NH+](CC(=O)NC(C)(C)C)CC1. The molecule has 150 valence electrons. The number of ether oxygens (including phenoxy) is 1. The lowest BCUT2D eigenvalue weighted by Gasteiger charge is -2.34. The minimum atomic E-state index is -0.180. The topological polar surface area (TPSA) is 75.1 Å². The number of nitrogens with zero attached hydrogens (tertiary/aromatic N) is 1. The van der Waals surface area contributed by atoms with Gasteiger partial charge < -0.3 is 25.2 Å². The van der Waals surface area contributed by atoms with Gasteiger partial charge in [-0.3, -0.25) is 9.59 Å². The molecule has 1 heterocycles. The summed E-state index contributed by atoms with van der Waals surface area (Å²) in [6, 6.07) is 0. The molecule has 0 aromatic carbocycles. The molecule has 1 rings (SSSR count). The normalized spacial score (nSPS) is 15.5. The number of methoxy groups -OCH3 is 1. The molecule has 1 aliphatic rings. The van der Waals surface area contributed by atoms with Crippen LogP contribution in [0.5, 0.6) is 0 Å². The molecule has 0 aliphatic carbocycles. The molecule has 26 heavy (non-hydrogen) atoms. The zero-order valence-electron chi connectivity index (χ0n) is 16.7. The highest BCUT2D eigenvalue weighted by Gasteiger charge is 2.24. The predicted octanol–water partition coefficient (Wildman–Crippen LogP) is -0.290. The lowest BCUT2D eigenvalue weighted by atomic mass is 10.1. The van der Waals surface area contributed by atoms with Crippen LogP contribution in [0.2, 0.25) is 0 Å². The van der Waals surface area contributed by atoms with E-state index in [9.17, 15) is 9.59 Å². The average Bonchev–Trinajstić information content (AvgIpc) is 2.56. The maximum absolute atomic E-state index is 12.0. The second kappa shape index (κ2) is 11.3. The van der Waals surface area contributed by atoms with Crippen molar-refractivity contribution < 1.29 is 19.2 Å². The van der Waals surface area contributed by atoms with E-state index in [1.807, 2.05) is 20.8 Å². The van der Waals surface area contributed by atoms with Gasteiger partial charge in [0.1, 0.15) is 0 Å². The minimum absolute atomic E-state index is 0.105. The average molecular weight is 388 g/mol. The van der Waals surface area contributed by atoms with Gasteiger partial charge in [-0.2, -0.15) is 0 Å². The summed E-state index contributed by atoms with van der Waals surface area (Å²) in [6.45, 7) is 10.9. The molecular weight excluding hydrogens is 352 g/mol. The van der Waals surface area contributed by atoms with E-state index in [-0.39, 0.29) is 17.4 Å². The standard InChI is InChI=1S/C18H34N4O3S/c1-18(2,3)20-15(23)14-21-10-12-22(13-11-21)17(26)19-9-7-5-6-8-16(24)25-4/h5-14H2,1-4H3,(H,19,26)(H,20,23)/p+1. The van der Waals surface area contributed by atoms with Crippen LogP contribution in [0.15, 0.2) is 0 Å². The Morgan fingerprint density at radius 1 is 1.15 bits per heavy atom. The molecule has 0 bridgehead atoms. The Hall–Kier alpha value is -1.41. The van der Waals surface area contributed by atoms with Crippen LogP contribution in [0.3, 0.4) is 0 Å². The van der Waals surface area contributed by atoms with Crippen LogP contribution in [0, 0.1) is 0 Å². The Kier molecular flexibility index (Phi) is 9.87. The number of nitrogens with one attached hydrogen (secondary N) is 3. The molecule has 3 N–H and O–H groups in total. The molecule has 1 aliphatic heterocycles. The summed E-state index contributed by atoms with van der Waals surface area (Å²) in [7, 11) is 1.42. The summed E-state index contributed by atoms with van der Waals surface area (Å²) in [5, 5.41) is 7.10. The van der Waals surface area contributed by atoms with Gasteiger partial charge in [0.2, 0.25) is 0 Å². The van der Waals surface area contributed by atoms with Crippen molar-refractivity contribution in [2.24, 2.45) is 0 Å². The molecule has 0 aromatic heterocycles. The molecule has 0 aromatic rings. The monoisotopic (exact) mass is 387 g/mol. The maximum Gasteiger partial charge on any atom is 0.305 e. The number of quaternary nitrogens is 1. The highest BCUT2D eigenvalue weighted by Crippen LogP contribution is 2.01. The van der Waals surface area contributed by atoms with Crippen molar-refractivity contribution in [1.29, 1.82) is 0 Å². The number of hydrogen-bond acceptors (Lipinski definition) is 4. The van der Waals surface area contributed by atoms with Gasteiger partial charge in [0.15, 0.2) is 11.7 Å². The first-order valence-electron chi connectivity index (χ1n) is 9.45. The van der Waals surface area contributed by atoms with Crippen molar-refractivity contribution in [3.05, 3.63) is 0 Å². The molecule has 0 atom stereocenters. The van der Waals surface area contributed by atoms with Gasteiger partial charge in [-0.15, -0.1) is 0 Å². The van der Waals surface area contributed by atoms with Crippen molar-refractivity contribution in [2.45, 2.75) is 52.0 Å². The Bertz CT molecular complexity index is 472. The van der Waals surface area contributed by atoms with E-state index in [1.165, 1.54) is 12.0 Å². The zero-order valence-corrected chi connectivity index (χ0v) is 17.5. The first kappa shape index (κ1) is 22.6. The molecule has 1 saturated heterocycles. The summed E-state index contributed by atoms with van der Waals surface area (Å²) in [6.07, 6.45) is 3.29. The highest BCUT2D eigenvalue weighted by atomic mass is 32.1. The summed E-state index contributed by atoms with van der Waals surface area (Å²) in [4.78, 5) is 26.5. The van der Waals surface area contributed by atoms with Crippen LogP contribution >= 0.6 is 12.2 Å². The van der Waals surface area contributed by atoms with Crippen molar-refractivity contribution >= 4 is 29.2 Å². The fourth-order valence-corrected chi connectivity index (χ4v) is 3.16. The van der Waals surface area contributed by atoms with E-state index in [2.05, 4.69) is 20.3 Å². The highest BCUT2D eigenvalue weighted by molar-refractivity contribution is 7.80. The molecule has 8 heteroatoms. The first-order chi connectivity index (χ1) is 12.2. The van der Waals surface area contributed by atoms with Gasteiger partial charge in [0, 0.05) is 18.5 Å². The van der Waals surface area contributed by atoms with Gasteiger partial charge in [0.25, 0.3) is 5.91 Å². The van der Waals surface area contributed by atoms with E-state index in [0.717, 1.165) is 57.1 Å². The molecule has 0 spiro atoms. The van der Waals surface area contributed by atoms with Crippen LogP contribution in [0.1, 0.15) is 46.5 Å². The number of hydrogen-bond donors (Lipinski definition) is 3. The quantitative estimate of drug-likeness (QED) is 0.302. The van der Waals surface area contributed by atoms with Crippen LogP contribution in [0.4, 0.5) is 0 Å². The van der Waals surface area contributed by atoms with Gasteiger partial charge in [-0.1, -0.05) is 6.42 Å². The number of carbonyl (C=O) groups excluding carboxylic acids is 2. The number of carbonyl (C=O) groups is 2. The van der Waals surface area contributed by atoms with Crippen molar-refractivity contribution in [3.8, 4) is 0 Å². The van der Waals surface area contributed by atoms with Crippen LogP contribution < -0.4 is 15.5 Å². The van der Waals surface area contributed by atoms with Gasteiger partial charge >= 0.3 is 5.97 Å². The number of thiocarbonyl (C=S) groups is 1. The lowest BCUT2D eigenvalue weighted by Crippen LogP contribution is -3.16. The van der Waals surface area contributed by atoms with Crippen LogP contribution in [-0.2, 0) is 14.3 Å². The smallest absolute Gasteiger partial charge is 0.305 e. The lowest BCUT2D eigenvalue weighted by molar-refractivity contribution is -0.895. The number of esters is 1. The van der Waals surface area contributed by atoms with Gasteiger partial charge in [-0.05, 0) is 45.8 Å². The second-order valence-electron chi connectivity index (χ2n) is 7.83. The molecule has 7 nitrogen and oxygen atoms in total. The van der Waals surface area contributed by atoms with Crippen molar-refractivity contribution in [1.82, 2.24) is 15.5 Å². The number of piperazine rings is 1. The molecular formula is C18H35N4O3S+. The van der Waals surface area contributed by atoms with E-state index in [0.29, 0.717) is 13.0 Å². The second-order valence-corrected chi connectivity index (χ2v) is 8.22. The molecule has 1 amide bonds. The third-order valence-corrected chi connectivity index (χ3v) is 4.65. The summed E-state index contributed by atoms with van der Waals surface area (Å²) >= 11 is 5.46. The van der Waals surface area contributed by atoms with Crippen molar-refractivity contribution in [3.63, 3.8) is 0 Å². The Morgan fingerprint density at radius 3 is 2.38 bits per heavy atom. The van der Waals surface area contributed by atoms with E-state index in [1.54, 1.807) is 0 Å². The van der Waals surface area contributed by atoms with Gasteiger partial charge in [0.05, 0.1) is 33.3 Å². The Morgan fingerprint density at radius 2 is 1.81 bits per heavy atom. The minimum Gasteiger partial charge on any atom is -0.469 e. The third kappa shape index (κ3) is 9.91. The predicted molar refractivity (Wildman–Crippen MR) is 106 cm³/mol. The number of rotatable bonds is 8. The summed E-state index contributed by atoms with van der Waals surface area (Å²) < 4.78 is 4.62. The maximum atomic E-state index is 12.0. The van der Waals surface area contributed by atoms with E-state index in [4.69, 9.17) is 12.2 Å². The van der Waals surface area contributed by atoms with E-state index >= 15 is 0 Å². The molecule has 0 radical (unpaired) electrons. The van der Waals surface area contributed by atoms with E-state index < -0.39 is 0 Å². The van der Waals surface area contributed by atoms with Crippen LogP contribution in [-0.4, -0.2) is 73.8 Å². The van der Waals surface area contributed by atoms with Crippen LogP contribution in [0.25, 0.3) is 0 Å². The largest absolute Gasteiger partial charge is 0.469 e. The Labute approximate surface area is 162 Å². The fourth-order valence-electron chi connectivity index (χ4n) is 2.87. The molecule has 0 saturated carbocycles. The molecule has 1 fully saturated rings. The molecule has 0 unspecified atom stereocenters. The first-order valence-corrected chi connectivity index (χ1v) is 9.86. The van der Waals surface area contributed by atoms with Crippen molar-refractivity contribution in [2.75, 3.05) is 46.4 Å². The third-order valence-electron chi connectivity index (χ3n) is 4.24. The zero-order chi connectivity index (χ0) is 19.6. The summed E-state index contributed by atoms with van der Waals surface area (Å²) in [5.41, 5.74) is -0.180. The summed E-state index contributed by atoms with van der Waals surface area (Å²) in [5.74, 6) is -0.0429. The Balaban J connectivity index is 2.13.